The summed E-state index contributed by atoms with van der Waals surface area (Å²) in [7, 11) is -3.42. The van der Waals surface area contributed by atoms with Gasteiger partial charge >= 0.3 is 7.60 Å². The van der Waals surface area contributed by atoms with Crippen molar-refractivity contribution in [3.05, 3.63) is 48.6 Å². The zero-order chi connectivity index (χ0) is 14.3. The van der Waals surface area contributed by atoms with Gasteiger partial charge in [0, 0.05) is 0 Å². The van der Waals surface area contributed by atoms with Gasteiger partial charge in [0.1, 0.15) is 5.66 Å². The SMILES string of the molecule is C=CC(C(O)c1ccccc1)P(=O)(OCC)OCC. The molecule has 0 saturated heterocycles. The van der Waals surface area contributed by atoms with Crippen molar-refractivity contribution in [2.24, 2.45) is 0 Å². The molecular formula is C14H21O4P. The van der Waals surface area contributed by atoms with Gasteiger partial charge in [-0.25, -0.2) is 0 Å². The maximum Gasteiger partial charge on any atom is 0.340 e. The van der Waals surface area contributed by atoms with Crippen LogP contribution in [-0.2, 0) is 13.6 Å². The van der Waals surface area contributed by atoms with Crippen molar-refractivity contribution < 1.29 is 18.7 Å². The lowest BCUT2D eigenvalue weighted by Gasteiger charge is -2.27. The zero-order valence-corrected chi connectivity index (χ0v) is 12.3. The molecule has 106 valence electrons. The van der Waals surface area contributed by atoms with Crippen molar-refractivity contribution in [1.82, 2.24) is 0 Å². The largest absolute Gasteiger partial charge is 0.387 e. The first-order valence-corrected chi connectivity index (χ1v) is 7.94. The number of benzene rings is 1. The molecule has 0 aliphatic heterocycles. The molecule has 19 heavy (non-hydrogen) atoms. The molecular weight excluding hydrogens is 263 g/mol. The number of hydrogen-bond acceptors (Lipinski definition) is 4. The molecule has 0 amide bonds. The smallest absolute Gasteiger partial charge is 0.340 e. The molecule has 5 heteroatoms. The van der Waals surface area contributed by atoms with E-state index >= 15 is 0 Å². The predicted octanol–water partition coefficient (Wildman–Crippen LogP) is 3.54. The summed E-state index contributed by atoms with van der Waals surface area (Å²) < 4.78 is 23.2. The van der Waals surface area contributed by atoms with Gasteiger partial charge in [-0.05, 0) is 19.4 Å². The highest BCUT2D eigenvalue weighted by Crippen LogP contribution is 2.57. The van der Waals surface area contributed by atoms with Crippen molar-refractivity contribution in [3.63, 3.8) is 0 Å². The number of aliphatic hydroxyl groups is 1. The van der Waals surface area contributed by atoms with E-state index in [-0.39, 0.29) is 13.2 Å². The molecule has 0 aromatic heterocycles. The van der Waals surface area contributed by atoms with Crippen LogP contribution in [0.25, 0.3) is 0 Å². The summed E-state index contributed by atoms with van der Waals surface area (Å²) in [5, 5.41) is 10.4. The molecule has 0 bridgehead atoms. The van der Waals surface area contributed by atoms with Gasteiger partial charge in [0.15, 0.2) is 0 Å². The zero-order valence-electron chi connectivity index (χ0n) is 11.4. The maximum atomic E-state index is 12.7. The second kappa shape index (κ2) is 7.61. The van der Waals surface area contributed by atoms with E-state index in [0.29, 0.717) is 5.56 Å². The molecule has 0 aliphatic carbocycles. The van der Waals surface area contributed by atoms with Crippen molar-refractivity contribution in [1.29, 1.82) is 0 Å². The Morgan fingerprint density at radius 2 is 1.79 bits per heavy atom. The molecule has 1 aromatic carbocycles. The standard InChI is InChI=1S/C14H21O4P/c1-4-13(19(16,17-5-2)18-6-3)14(15)12-10-8-7-9-11-12/h4,7-11,13-15H,1,5-6H2,2-3H3. The Balaban J connectivity index is 3.03. The van der Waals surface area contributed by atoms with Crippen LogP contribution in [-0.4, -0.2) is 24.0 Å². The lowest BCUT2D eigenvalue weighted by Crippen LogP contribution is -2.19. The number of aliphatic hydroxyl groups excluding tert-OH is 1. The fourth-order valence-corrected chi connectivity index (χ4v) is 3.76. The average Bonchev–Trinajstić information content (AvgIpc) is 2.40. The molecule has 4 nitrogen and oxygen atoms in total. The minimum Gasteiger partial charge on any atom is -0.387 e. The Labute approximate surface area is 114 Å². The molecule has 1 rings (SSSR count). The van der Waals surface area contributed by atoms with Crippen LogP contribution in [0.15, 0.2) is 43.0 Å². The topological polar surface area (TPSA) is 55.8 Å². The molecule has 2 atom stereocenters. The molecule has 0 radical (unpaired) electrons. The first-order valence-electron chi connectivity index (χ1n) is 6.33. The van der Waals surface area contributed by atoms with Crippen molar-refractivity contribution in [3.8, 4) is 0 Å². The van der Waals surface area contributed by atoms with Crippen LogP contribution in [0.1, 0.15) is 25.5 Å². The van der Waals surface area contributed by atoms with Gasteiger partial charge in [-0.1, -0.05) is 36.4 Å². The van der Waals surface area contributed by atoms with Crippen molar-refractivity contribution >= 4 is 7.60 Å². The van der Waals surface area contributed by atoms with E-state index in [1.54, 1.807) is 26.0 Å². The highest BCUT2D eigenvalue weighted by Gasteiger charge is 2.39. The predicted molar refractivity (Wildman–Crippen MR) is 76.2 cm³/mol. The van der Waals surface area contributed by atoms with E-state index in [9.17, 15) is 9.67 Å². The summed E-state index contributed by atoms with van der Waals surface area (Å²) in [6.07, 6.45) is 0.465. The average molecular weight is 284 g/mol. The summed E-state index contributed by atoms with van der Waals surface area (Å²) in [4.78, 5) is 0. The summed E-state index contributed by atoms with van der Waals surface area (Å²) in [6.45, 7) is 7.63. The van der Waals surface area contributed by atoms with E-state index in [2.05, 4.69) is 6.58 Å². The van der Waals surface area contributed by atoms with E-state index in [4.69, 9.17) is 9.05 Å². The second-order valence-corrected chi connectivity index (χ2v) is 6.15. The summed E-state index contributed by atoms with van der Waals surface area (Å²) in [5.41, 5.74) is -0.123. The Morgan fingerprint density at radius 3 is 2.21 bits per heavy atom. The Morgan fingerprint density at radius 1 is 1.26 bits per heavy atom. The third-order valence-electron chi connectivity index (χ3n) is 2.69. The van der Waals surface area contributed by atoms with Crippen LogP contribution in [0.5, 0.6) is 0 Å². The van der Waals surface area contributed by atoms with Gasteiger partial charge in [-0.15, -0.1) is 6.58 Å². The molecule has 0 spiro atoms. The Hall–Kier alpha value is -0.930. The molecule has 2 unspecified atom stereocenters. The van der Waals surface area contributed by atoms with Crippen LogP contribution in [0.2, 0.25) is 0 Å². The van der Waals surface area contributed by atoms with Gasteiger partial charge in [0.2, 0.25) is 0 Å². The van der Waals surface area contributed by atoms with E-state index in [1.165, 1.54) is 6.08 Å². The fraction of sp³-hybridized carbons (Fsp3) is 0.429. The van der Waals surface area contributed by atoms with Crippen molar-refractivity contribution in [2.45, 2.75) is 25.6 Å². The van der Waals surface area contributed by atoms with Crippen LogP contribution in [0.3, 0.4) is 0 Å². The van der Waals surface area contributed by atoms with Crippen LogP contribution in [0.4, 0.5) is 0 Å². The number of rotatable bonds is 8. The van der Waals surface area contributed by atoms with Crippen molar-refractivity contribution in [2.75, 3.05) is 13.2 Å². The van der Waals surface area contributed by atoms with Gasteiger partial charge < -0.3 is 14.2 Å². The molecule has 1 N–H and O–H groups in total. The maximum absolute atomic E-state index is 12.7. The van der Waals surface area contributed by atoms with Gasteiger partial charge in [0.25, 0.3) is 0 Å². The minimum absolute atomic E-state index is 0.253. The lowest BCUT2D eigenvalue weighted by molar-refractivity contribution is 0.152. The van der Waals surface area contributed by atoms with Gasteiger partial charge in [-0.3, -0.25) is 4.57 Å². The van der Waals surface area contributed by atoms with Crippen LogP contribution >= 0.6 is 7.60 Å². The van der Waals surface area contributed by atoms with E-state index in [1.807, 2.05) is 18.2 Å². The van der Waals surface area contributed by atoms with E-state index in [0.717, 1.165) is 0 Å². The highest BCUT2D eigenvalue weighted by atomic mass is 31.2. The monoisotopic (exact) mass is 284 g/mol. The fourth-order valence-electron chi connectivity index (χ4n) is 1.85. The minimum atomic E-state index is -3.42. The first kappa shape index (κ1) is 16.1. The normalized spacial score (nSPS) is 14.9. The van der Waals surface area contributed by atoms with E-state index < -0.39 is 19.4 Å². The second-order valence-electron chi connectivity index (χ2n) is 3.96. The third kappa shape index (κ3) is 4.02. The molecule has 0 aliphatic rings. The molecule has 0 saturated carbocycles. The first-order chi connectivity index (χ1) is 9.09. The highest BCUT2D eigenvalue weighted by molar-refractivity contribution is 7.54. The molecule has 0 fully saturated rings. The third-order valence-corrected chi connectivity index (χ3v) is 5.15. The summed E-state index contributed by atoms with van der Waals surface area (Å²) in [6, 6.07) is 9.01. The summed E-state index contributed by atoms with van der Waals surface area (Å²) in [5.74, 6) is 0. The number of hydrogen-bond donors (Lipinski definition) is 1. The van der Waals surface area contributed by atoms with Gasteiger partial charge in [-0.2, -0.15) is 0 Å². The Bertz CT molecular complexity index is 422. The quantitative estimate of drug-likeness (QED) is 0.586. The molecule has 0 heterocycles. The lowest BCUT2D eigenvalue weighted by atomic mass is 10.1. The van der Waals surface area contributed by atoms with Crippen LogP contribution in [0, 0.1) is 0 Å². The Kier molecular flexibility index (Phi) is 6.46. The van der Waals surface area contributed by atoms with Gasteiger partial charge in [0.05, 0.1) is 19.3 Å². The molecule has 1 aromatic rings. The van der Waals surface area contributed by atoms with Crippen LogP contribution < -0.4 is 0 Å². The summed E-state index contributed by atoms with van der Waals surface area (Å²) >= 11 is 0.